The monoisotopic (exact) mass is 317 g/mol. The number of anilines is 1. The van der Waals surface area contributed by atoms with Crippen molar-refractivity contribution in [2.75, 3.05) is 5.32 Å². The minimum atomic E-state index is 0.285. The maximum absolute atomic E-state index is 5.80. The van der Waals surface area contributed by atoms with Crippen molar-refractivity contribution in [3.8, 4) is 0 Å². The molecule has 0 saturated heterocycles. The number of nitrogens with zero attached hydrogens (tertiary/aromatic N) is 2. The van der Waals surface area contributed by atoms with E-state index in [1.807, 2.05) is 0 Å². The third kappa shape index (κ3) is 3.32. The normalized spacial score (nSPS) is 29.1. The molecule has 0 aliphatic heterocycles. The Bertz CT molecular complexity index is 399. The highest BCUT2D eigenvalue weighted by Crippen LogP contribution is 2.32. The smallest absolute Gasteiger partial charge is 0.224 e. The van der Waals surface area contributed by atoms with Gasteiger partial charge in [0, 0.05) is 12.2 Å². The van der Waals surface area contributed by atoms with E-state index in [0.29, 0.717) is 6.04 Å². The summed E-state index contributed by atoms with van der Waals surface area (Å²) in [6, 6.07) is 0.489. The first kappa shape index (κ1) is 13.1. The van der Waals surface area contributed by atoms with Crippen LogP contribution >= 0.6 is 27.5 Å². The summed E-state index contributed by atoms with van der Waals surface area (Å²) in [5, 5.41) is 3.74. The number of aromatic nitrogens is 2. The second-order valence-electron chi connectivity index (χ2n) is 4.94. The van der Waals surface area contributed by atoms with E-state index in [9.17, 15) is 0 Å². The maximum atomic E-state index is 5.80. The maximum Gasteiger partial charge on any atom is 0.224 e. The highest BCUT2D eigenvalue weighted by Gasteiger charge is 2.25. The topological polar surface area (TPSA) is 37.8 Å². The Morgan fingerprint density at radius 2 is 2.12 bits per heavy atom. The highest BCUT2D eigenvalue weighted by molar-refractivity contribution is 9.10. The lowest BCUT2D eigenvalue weighted by molar-refractivity contribution is 0.260. The lowest BCUT2D eigenvalue weighted by Gasteiger charge is -2.32. The molecular formula is C12H17BrClN3. The van der Waals surface area contributed by atoms with Crippen LogP contribution in [0.1, 0.15) is 33.1 Å². The second kappa shape index (κ2) is 5.53. The summed E-state index contributed by atoms with van der Waals surface area (Å²) >= 11 is 9.24. The van der Waals surface area contributed by atoms with Gasteiger partial charge in [-0.1, -0.05) is 13.8 Å². The zero-order valence-corrected chi connectivity index (χ0v) is 12.4. The van der Waals surface area contributed by atoms with Crippen molar-refractivity contribution < 1.29 is 0 Å². The van der Waals surface area contributed by atoms with Gasteiger partial charge in [0.1, 0.15) is 5.82 Å². The predicted octanol–water partition coefficient (Wildman–Crippen LogP) is 4.13. The van der Waals surface area contributed by atoms with Gasteiger partial charge in [-0.25, -0.2) is 4.98 Å². The van der Waals surface area contributed by atoms with Crippen LogP contribution in [0.15, 0.2) is 10.7 Å². The SMILES string of the molecule is CC1CCC(Nc2nc(Cl)ncc2Br)CC1C. The van der Waals surface area contributed by atoms with Crippen molar-refractivity contribution in [3.05, 3.63) is 16.0 Å². The van der Waals surface area contributed by atoms with Gasteiger partial charge < -0.3 is 5.32 Å². The molecule has 0 radical (unpaired) electrons. The van der Waals surface area contributed by atoms with Gasteiger partial charge in [0.25, 0.3) is 0 Å². The fraction of sp³-hybridized carbons (Fsp3) is 0.667. The molecule has 1 fully saturated rings. The van der Waals surface area contributed by atoms with Crippen LogP contribution in [0.5, 0.6) is 0 Å². The molecule has 1 saturated carbocycles. The molecule has 3 unspecified atom stereocenters. The summed E-state index contributed by atoms with van der Waals surface area (Å²) in [7, 11) is 0. The van der Waals surface area contributed by atoms with Crippen LogP contribution in [0.25, 0.3) is 0 Å². The Morgan fingerprint density at radius 3 is 2.82 bits per heavy atom. The van der Waals surface area contributed by atoms with Crippen molar-refractivity contribution >= 4 is 33.3 Å². The van der Waals surface area contributed by atoms with Gasteiger partial charge in [-0.3, -0.25) is 0 Å². The molecule has 3 nitrogen and oxygen atoms in total. The number of nitrogens with one attached hydrogen (secondary N) is 1. The van der Waals surface area contributed by atoms with Crippen molar-refractivity contribution in [3.63, 3.8) is 0 Å². The zero-order chi connectivity index (χ0) is 12.4. The molecule has 94 valence electrons. The van der Waals surface area contributed by atoms with E-state index in [-0.39, 0.29) is 5.28 Å². The average Bonchev–Trinajstić information content (AvgIpc) is 2.29. The number of hydrogen-bond donors (Lipinski definition) is 1. The zero-order valence-electron chi connectivity index (χ0n) is 10.1. The summed E-state index contributed by atoms with van der Waals surface area (Å²) in [5.74, 6) is 2.39. The Balaban J connectivity index is 2.03. The molecule has 3 atom stereocenters. The number of rotatable bonds is 2. The van der Waals surface area contributed by atoms with Crippen LogP contribution in [0.4, 0.5) is 5.82 Å². The fourth-order valence-corrected chi connectivity index (χ4v) is 2.76. The van der Waals surface area contributed by atoms with E-state index >= 15 is 0 Å². The average molecular weight is 319 g/mol. The van der Waals surface area contributed by atoms with Gasteiger partial charge in [0.15, 0.2) is 0 Å². The largest absolute Gasteiger partial charge is 0.366 e. The summed E-state index contributed by atoms with van der Waals surface area (Å²) in [5.41, 5.74) is 0. The van der Waals surface area contributed by atoms with E-state index in [1.54, 1.807) is 6.20 Å². The van der Waals surface area contributed by atoms with E-state index in [4.69, 9.17) is 11.6 Å². The van der Waals surface area contributed by atoms with Gasteiger partial charge in [0.05, 0.1) is 4.47 Å². The summed E-state index contributed by atoms with van der Waals surface area (Å²) in [6.45, 7) is 4.65. The van der Waals surface area contributed by atoms with Crippen molar-refractivity contribution in [1.29, 1.82) is 0 Å². The minimum absolute atomic E-state index is 0.285. The minimum Gasteiger partial charge on any atom is -0.366 e. The van der Waals surface area contributed by atoms with E-state index < -0.39 is 0 Å². The standard InChI is InChI=1S/C12H17BrClN3/c1-7-3-4-9(5-8(7)2)16-11-10(13)6-15-12(14)17-11/h6-9H,3-5H2,1-2H3,(H,15,16,17). The first-order valence-electron chi connectivity index (χ1n) is 6.01. The molecule has 1 N–H and O–H groups in total. The molecule has 0 aromatic carbocycles. The molecule has 5 heteroatoms. The third-order valence-electron chi connectivity index (χ3n) is 3.65. The lowest BCUT2D eigenvalue weighted by atomic mass is 9.79. The Morgan fingerprint density at radius 1 is 1.35 bits per heavy atom. The van der Waals surface area contributed by atoms with E-state index in [2.05, 4.69) is 45.1 Å². The molecule has 1 aliphatic rings. The van der Waals surface area contributed by atoms with Gasteiger partial charge in [0.2, 0.25) is 5.28 Å². The molecule has 17 heavy (non-hydrogen) atoms. The Labute approximate surface area is 116 Å². The summed E-state index contributed by atoms with van der Waals surface area (Å²) in [4.78, 5) is 8.13. The van der Waals surface area contributed by atoms with Gasteiger partial charge in [-0.05, 0) is 58.6 Å². The molecule has 1 heterocycles. The Hall–Kier alpha value is -0.350. The van der Waals surface area contributed by atoms with Crippen LogP contribution in [0, 0.1) is 11.8 Å². The predicted molar refractivity (Wildman–Crippen MR) is 74.3 cm³/mol. The molecular weight excluding hydrogens is 302 g/mol. The molecule has 0 spiro atoms. The van der Waals surface area contributed by atoms with Crippen LogP contribution in [-0.4, -0.2) is 16.0 Å². The molecule has 0 amide bonds. The van der Waals surface area contributed by atoms with Gasteiger partial charge in [-0.15, -0.1) is 0 Å². The number of halogens is 2. The van der Waals surface area contributed by atoms with Crippen LogP contribution in [-0.2, 0) is 0 Å². The first-order valence-corrected chi connectivity index (χ1v) is 7.18. The van der Waals surface area contributed by atoms with E-state index in [0.717, 1.165) is 22.1 Å². The number of hydrogen-bond acceptors (Lipinski definition) is 3. The van der Waals surface area contributed by atoms with E-state index in [1.165, 1.54) is 19.3 Å². The molecule has 1 aromatic heterocycles. The molecule has 2 rings (SSSR count). The van der Waals surface area contributed by atoms with Crippen LogP contribution in [0.2, 0.25) is 5.28 Å². The summed E-state index contributed by atoms with van der Waals surface area (Å²) < 4.78 is 0.869. The highest BCUT2D eigenvalue weighted by atomic mass is 79.9. The fourth-order valence-electron chi connectivity index (χ4n) is 2.32. The van der Waals surface area contributed by atoms with Crippen molar-refractivity contribution in [1.82, 2.24) is 9.97 Å². The molecule has 1 aromatic rings. The van der Waals surface area contributed by atoms with Crippen molar-refractivity contribution in [2.24, 2.45) is 11.8 Å². The molecule has 1 aliphatic carbocycles. The van der Waals surface area contributed by atoms with Crippen molar-refractivity contribution in [2.45, 2.75) is 39.2 Å². The second-order valence-corrected chi connectivity index (χ2v) is 6.14. The van der Waals surface area contributed by atoms with Gasteiger partial charge in [-0.2, -0.15) is 4.98 Å². The Kier molecular flexibility index (Phi) is 4.26. The third-order valence-corrected chi connectivity index (χ3v) is 4.42. The van der Waals surface area contributed by atoms with Crippen LogP contribution in [0.3, 0.4) is 0 Å². The van der Waals surface area contributed by atoms with Gasteiger partial charge >= 0.3 is 0 Å². The molecule has 0 bridgehead atoms. The van der Waals surface area contributed by atoms with Crippen LogP contribution < -0.4 is 5.32 Å². The lowest BCUT2D eigenvalue weighted by Crippen LogP contribution is -2.30. The quantitative estimate of drug-likeness (QED) is 0.833. The first-order chi connectivity index (χ1) is 8.06. The summed E-state index contributed by atoms with van der Waals surface area (Å²) in [6.07, 6.45) is 5.34.